The summed E-state index contributed by atoms with van der Waals surface area (Å²) in [6, 6.07) is 10.7. The van der Waals surface area contributed by atoms with E-state index in [4.69, 9.17) is 0 Å². The Morgan fingerprint density at radius 1 is 0.920 bits per heavy atom. The van der Waals surface area contributed by atoms with Gasteiger partial charge in [0.15, 0.2) is 11.7 Å². The molecule has 3 heteroatoms. The molecular formula is C22H23F3. The van der Waals surface area contributed by atoms with Gasteiger partial charge in [0.1, 0.15) is 5.82 Å². The van der Waals surface area contributed by atoms with Crippen LogP contribution >= 0.6 is 0 Å². The van der Waals surface area contributed by atoms with Crippen molar-refractivity contribution in [3.05, 3.63) is 76.6 Å². The summed E-state index contributed by atoms with van der Waals surface area (Å²) >= 11 is 0. The van der Waals surface area contributed by atoms with E-state index in [1.807, 2.05) is 13.0 Å². The molecule has 2 aromatic carbocycles. The number of halogens is 3. The van der Waals surface area contributed by atoms with Crippen molar-refractivity contribution < 1.29 is 13.2 Å². The van der Waals surface area contributed by atoms with Crippen LogP contribution in [0.1, 0.15) is 55.4 Å². The van der Waals surface area contributed by atoms with Crippen LogP contribution in [0.5, 0.6) is 0 Å². The zero-order valence-electron chi connectivity index (χ0n) is 14.7. The van der Waals surface area contributed by atoms with Crippen molar-refractivity contribution in [3.8, 4) is 0 Å². The maximum Gasteiger partial charge on any atom is 0.169 e. The van der Waals surface area contributed by atoms with Crippen molar-refractivity contribution >= 4 is 17.7 Å². The number of benzene rings is 2. The maximum absolute atomic E-state index is 14.4. The summed E-state index contributed by atoms with van der Waals surface area (Å²) in [5.41, 5.74) is 1.45. The molecule has 2 aromatic rings. The lowest BCUT2D eigenvalue weighted by molar-refractivity contribution is 0.611. The Kier molecular flexibility index (Phi) is 7.05. The number of unbranched alkanes of at least 4 members (excludes halogenated alkanes) is 1. The largest absolute Gasteiger partial charge is 0.206 e. The first-order valence-electron chi connectivity index (χ1n) is 8.67. The van der Waals surface area contributed by atoms with Gasteiger partial charge in [0, 0.05) is 11.1 Å². The summed E-state index contributed by atoms with van der Waals surface area (Å²) in [4.78, 5) is 0. The second-order valence-corrected chi connectivity index (χ2v) is 6.01. The molecule has 132 valence electrons. The molecule has 0 aliphatic heterocycles. The molecule has 0 saturated carbocycles. The van der Waals surface area contributed by atoms with Crippen LogP contribution < -0.4 is 0 Å². The lowest BCUT2D eigenvalue weighted by Crippen LogP contribution is -1.91. The number of hydrogen-bond donors (Lipinski definition) is 0. The predicted molar refractivity (Wildman–Crippen MR) is 99.8 cm³/mol. The molecule has 0 aliphatic rings. The predicted octanol–water partition coefficient (Wildman–Crippen LogP) is 7.36. The van der Waals surface area contributed by atoms with Gasteiger partial charge in [0.2, 0.25) is 0 Å². The topological polar surface area (TPSA) is 0 Å². The third kappa shape index (κ3) is 5.09. The van der Waals surface area contributed by atoms with Gasteiger partial charge in [-0.1, -0.05) is 69.2 Å². The molecule has 0 unspecified atom stereocenters. The molecule has 0 N–H and O–H groups in total. The monoisotopic (exact) mass is 344 g/mol. The fourth-order valence-corrected chi connectivity index (χ4v) is 2.55. The Morgan fingerprint density at radius 3 is 2.24 bits per heavy atom. The Hall–Kier alpha value is -2.29. The summed E-state index contributed by atoms with van der Waals surface area (Å²) < 4.78 is 43.0. The highest BCUT2D eigenvalue weighted by Gasteiger charge is 2.15. The van der Waals surface area contributed by atoms with E-state index in [-0.39, 0.29) is 11.1 Å². The van der Waals surface area contributed by atoms with Crippen LogP contribution in [-0.4, -0.2) is 0 Å². The fraction of sp³-hybridized carbons (Fsp3) is 0.273. The minimum atomic E-state index is -1.18. The van der Waals surface area contributed by atoms with Gasteiger partial charge in [-0.3, -0.25) is 0 Å². The summed E-state index contributed by atoms with van der Waals surface area (Å²) in [5.74, 6) is -2.99. The van der Waals surface area contributed by atoms with E-state index < -0.39 is 17.5 Å². The highest BCUT2D eigenvalue weighted by Crippen LogP contribution is 2.31. The van der Waals surface area contributed by atoms with Crippen LogP contribution in [0.15, 0.2) is 48.5 Å². The molecule has 0 amide bonds. The van der Waals surface area contributed by atoms with E-state index in [2.05, 4.69) is 6.92 Å². The van der Waals surface area contributed by atoms with Gasteiger partial charge in [0.05, 0.1) is 0 Å². The molecule has 0 radical (unpaired) electrons. The van der Waals surface area contributed by atoms with Crippen molar-refractivity contribution in [3.63, 3.8) is 0 Å². The van der Waals surface area contributed by atoms with Gasteiger partial charge in [-0.15, -0.1) is 0 Å². The van der Waals surface area contributed by atoms with Gasteiger partial charge in [-0.2, -0.15) is 0 Å². The van der Waals surface area contributed by atoms with Crippen molar-refractivity contribution in [2.45, 2.75) is 39.5 Å². The SMILES string of the molecule is CCC/C=C/c1ccc(/C(F)=C(/F)c2ccc(CCC)cc2)c(F)c1. The zero-order chi connectivity index (χ0) is 18.2. The average Bonchev–Trinajstić information content (AvgIpc) is 2.62. The van der Waals surface area contributed by atoms with Crippen LogP contribution in [0.2, 0.25) is 0 Å². The molecule has 25 heavy (non-hydrogen) atoms. The Morgan fingerprint density at radius 2 is 1.64 bits per heavy atom. The molecule has 0 saturated heterocycles. The van der Waals surface area contributed by atoms with E-state index in [1.165, 1.54) is 24.3 Å². The highest BCUT2D eigenvalue weighted by molar-refractivity contribution is 5.83. The first kappa shape index (κ1) is 19.0. The van der Waals surface area contributed by atoms with Crippen LogP contribution in [0.3, 0.4) is 0 Å². The third-order valence-electron chi connectivity index (χ3n) is 3.93. The van der Waals surface area contributed by atoms with Crippen molar-refractivity contribution in [1.29, 1.82) is 0 Å². The molecule has 2 rings (SSSR count). The van der Waals surface area contributed by atoms with Crippen LogP contribution in [0, 0.1) is 5.82 Å². The number of aryl methyl sites for hydroxylation is 1. The lowest BCUT2D eigenvalue weighted by atomic mass is 10.0. The minimum Gasteiger partial charge on any atom is -0.206 e. The summed E-state index contributed by atoms with van der Waals surface area (Å²) in [6.07, 6.45) is 7.46. The van der Waals surface area contributed by atoms with E-state index in [1.54, 1.807) is 24.3 Å². The number of hydrogen-bond acceptors (Lipinski definition) is 0. The smallest absolute Gasteiger partial charge is 0.169 e. The number of allylic oxidation sites excluding steroid dienone is 1. The standard InChI is InChI=1S/C22H23F3/c1-3-5-6-8-17-11-14-19(20(23)15-17)22(25)21(24)18-12-9-16(7-4-2)10-13-18/h6,8-15H,3-5,7H2,1-2H3/b8-6+,22-21-. The lowest BCUT2D eigenvalue weighted by Gasteiger charge is -2.06. The Balaban J connectivity index is 2.28. The molecule has 0 aromatic heterocycles. The van der Waals surface area contributed by atoms with Gasteiger partial charge in [-0.25, -0.2) is 13.2 Å². The van der Waals surface area contributed by atoms with Crippen molar-refractivity contribution in [2.75, 3.05) is 0 Å². The van der Waals surface area contributed by atoms with Gasteiger partial charge < -0.3 is 0 Å². The first-order valence-corrected chi connectivity index (χ1v) is 8.67. The Labute approximate surface area is 147 Å². The zero-order valence-corrected chi connectivity index (χ0v) is 14.7. The molecule has 0 bridgehead atoms. The van der Waals surface area contributed by atoms with E-state index >= 15 is 0 Å². The average molecular weight is 344 g/mol. The van der Waals surface area contributed by atoms with Crippen molar-refractivity contribution in [1.82, 2.24) is 0 Å². The minimum absolute atomic E-state index is 0.115. The quantitative estimate of drug-likeness (QED) is 0.460. The Bertz CT molecular complexity index is 755. The summed E-state index contributed by atoms with van der Waals surface area (Å²) in [5, 5.41) is 0. The second-order valence-electron chi connectivity index (χ2n) is 6.01. The molecule has 0 heterocycles. The first-order chi connectivity index (χ1) is 12.1. The maximum atomic E-state index is 14.4. The summed E-state index contributed by atoms with van der Waals surface area (Å²) in [6.45, 7) is 4.10. The van der Waals surface area contributed by atoms with E-state index in [0.29, 0.717) is 5.56 Å². The van der Waals surface area contributed by atoms with Crippen molar-refractivity contribution in [2.24, 2.45) is 0 Å². The van der Waals surface area contributed by atoms with Gasteiger partial charge >= 0.3 is 0 Å². The summed E-state index contributed by atoms with van der Waals surface area (Å²) in [7, 11) is 0. The second kappa shape index (κ2) is 9.26. The van der Waals surface area contributed by atoms with E-state index in [9.17, 15) is 13.2 Å². The third-order valence-corrected chi connectivity index (χ3v) is 3.93. The highest BCUT2D eigenvalue weighted by atomic mass is 19.2. The fourth-order valence-electron chi connectivity index (χ4n) is 2.55. The van der Waals surface area contributed by atoms with Crippen LogP contribution in [0.25, 0.3) is 17.7 Å². The van der Waals surface area contributed by atoms with Crippen LogP contribution in [0.4, 0.5) is 13.2 Å². The number of rotatable bonds is 7. The molecule has 0 atom stereocenters. The molecule has 0 spiro atoms. The van der Waals surface area contributed by atoms with Gasteiger partial charge in [-0.05, 0) is 36.1 Å². The van der Waals surface area contributed by atoms with Crippen LogP contribution in [-0.2, 0) is 6.42 Å². The normalized spacial score (nSPS) is 12.5. The molecule has 0 nitrogen and oxygen atoms in total. The van der Waals surface area contributed by atoms with Gasteiger partial charge in [0.25, 0.3) is 0 Å². The molecule has 0 fully saturated rings. The molecule has 0 aliphatic carbocycles. The molecular weight excluding hydrogens is 321 g/mol. The van der Waals surface area contributed by atoms with E-state index in [0.717, 1.165) is 31.2 Å².